The van der Waals surface area contributed by atoms with Gasteiger partial charge in [-0.2, -0.15) is 0 Å². The molecule has 2 atom stereocenters. The fourth-order valence-corrected chi connectivity index (χ4v) is 1.23. The third kappa shape index (κ3) is 2.87. The van der Waals surface area contributed by atoms with E-state index in [1.807, 2.05) is 26.0 Å². The highest BCUT2D eigenvalue weighted by molar-refractivity contribution is 9.10. The zero-order valence-electron chi connectivity index (χ0n) is 8.29. The molecule has 1 heterocycles. The highest BCUT2D eigenvalue weighted by atomic mass is 79.9. The molecule has 1 unspecified atom stereocenters. The summed E-state index contributed by atoms with van der Waals surface area (Å²) >= 11 is 3.29. The van der Waals surface area contributed by atoms with E-state index in [4.69, 9.17) is 4.42 Å². The van der Waals surface area contributed by atoms with Crippen LogP contribution in [0.1, 0.15) is 32.1 Å². The maximum Gasteiger partial charge on any atom is 0.234 e. The molecule has 4 heteroatoms. The van der Waals surface area contributed by atoms with Crippen molar-refractivity contribution in [1.29, 1.82) is 0 Å². The van der Waals surface area contributed by atoms with E-state index in [2.05, 4.69) is 21.2 Å². The quantitative estimate of drug-likeness (QED) is 0.845. The van der Waals surface area contributed by atoms with Crippen LogP contribution >= 0.6 is 15.9 Å². The smallest absolute Gasteiger partial charge is 0.234 e. The second-order valence-corrected chi connectivity index (χ2v) is 4.23. The first kappa shape index (κ1) is 11.3. The molecule has 0 aliphatic carbocycles. The van der Waals surface area contributed by atoms with Crippen molar-refractivity contribution in [3.05, 3.63) is 24.2 Å². The van der Waals surface area contributed by atoms with E-state index < -0.39 is 0 Å². The molecule has 1 amide bonds. The third-order valence-corrected chi connectivity index (χ3v) is 3.03. The molecule has 0 saturated heterocycles. The minimum absolute atomic E-state index is 0.00333. The van der Waals surface area contributed by atoms with E-state index >= 15 is 0 Å². The minimum atomic E-state index is -0.125. The van der Waals surface area contributed by atoms with E-state index in [0.29, 0.717) is 0 Å². The van der Waals surface area contributed by atoms with Crippen LogP contribution in [-0.2, 0) is 4.79 Å². The largest absolute Gasteiger partial charge is 0.467 e. The SMILES string of the molecule is CCC(Br)C(=O)N[C@@H](C)c1ccco1. The van der Waals surface area contributed by atoms with Crippen molar-refractivity contribution in [2.75, 3.05) is 0 Å². The number of furan rings is 1. The lowest BCUT2D eigenvalue weighted by Crippen LogP contribution is -2.32. The zero-order chi connectivity index (χ0) is 10.6. The highest BCUT2D eigenvalue weighted by Crippen LogP contribution is 2.13. The number of rotatable bonds is 4. The van der Waals surface area contributed by atoms with Crippen LogP contribution in [0.3, 0.4) is 0 Å². The number of alkyl halides is 1. The van der Waals surface area contributed by atoms with Crippen molar-refractivity contribution in [2.45, 2.75) is 31.1 Å². The van der Waals surface area contributed by atoms with Crippen molar-refractivity contribution in [3.8, 4) is 0 Å². The summed E-state index contributed by atoms with van der Waals surface area (Å²) in [6, 6.07) is 3.58. The van der Waals surface area contributed by atoms with Crippen LogP contribution in [0, 0.1) is 0 Å². The predicted molar refractivity (Wildman–Crippen MR) is 58.3 cm³/mol. The Morgan fingerprint density at radius 2 is 2.43 bits per heavy atom. The summed E-state index contributed by atoms with van der Waals surface area (Å²) < 4.78 is 5.18. The Labute approximate surface area is 92.0 Å². The molecule has 3 nitrogen and oxygen atoms in total. The van der Waals surface area contributed by atoms with Gasteiger partial charge in [0.15, 0.2) is 0 Å². The van der Waals surface area contributed by atoms with E-state index in [-0.39, 0.29) is 16.8 Å². The Morgan fingerprint density at radius 1 is 1.71 bits per heavy atom. The summed E-state index contributed by atoms with van der Waals surface area (Å²) in [7, 11) is 0. The lowest BCUT2D eigenvalue weighted by atomic mass is 10.2. The Balaban J connectivity index is 2.49. The molecule has 1 N–H and O–H groups in total. The van der Waals surface area contributed by atoms with E-state index in [1.54, 1.807) is 6.26 Å². The molecule has 1 aromatic rings. The molecule has 0 aliphatic heterocycles. The lowest BCUT2D eigenvalue weighted by Gasteiger charge is -2.13. The molecule has 14 heavy (non-hydrogen) atoms. The van der Waals surface area contributed by atoms with Crippen LogP contribution in [-0.4, -0.2) is 10.7 Å². The molecule has 0 saturated carbocycles. The average Bonchev–Trinajstić information content (AvgIpc) is 2.69. The number of carbonyl (C=O) groups is 1. The van der Waals surface area contributed by atoms with Crippen molar-refractivity contribution >= 4 is 21.8 Å². The highest BCUT2D eigenvalue weighted by Gasteiger charge is 2.16. The van der Waals surface area contributed by atoms with Crippen LogP contribution in [0.5, 0.6) is 0 Å². The van der Waals surface area contributed by atoms with Gasteiger partial charge < -0.3 is 9.73 Å². The van der Waals surface area contributed by atoms with Gasteiger partial charge in [-0.3, -0.25) is 4.79 Å². The fraction of sp³-hybridized carbons (Fsp3) is 0.500. The van der Waals surface area contributed by atoms with E-state index in [9.17, 15) is 4.79 Å². The molecule has 0 aromatic carbocycles. The van der Waals surface area contributed by atoms with Crippen molar-refractivity contribution in [1.82, 2.24) is 5.32 Å². The van der Waals surface area contributed by atoms with Crippen LogP contribution in [0.4, 0.5) is 0 Å². The number of hydrogen-bond acceptors (Lipinski definition) is 2. The maximum atomic E-state index is 11.5. The summed E-state index contributed by atoms with van der Waals surface area (Å²) in [4.78, 5) is 11.4. The van der Waals surface area contributed by atoms with Crippen LogP contribution < -0.4 is 5.32 Å². The first-order chi connectivity index (χ1) is 6.65. The molecule has 0 bridgehead atoms. The topological polar surface area (TPSA) is 42.2 Å². The molecule has 0 radical (unpaired) electrons. The Hall–Kier alpha value is -0.770. The van der Waals surface area contributed by atoms with Gasteiger partial charge >= 0.3 is 0 Å². The van der Waals surface area contributed by atoms with Crippen LogP contribution in [0.2, 0.25) is 0 Å². The summed E-state index contributed by atoms with van der Waals surface area (Å²) in [5.74, 6) is 0.769. The molecular formula is C10H14BrNO2. The fourth-order valence-electron chi connectivity index (χ4n) is 1.10. The zero-order valence-corrected chi connectivity index (χ0v) is 9.87. The maximum absolute atomic E-state index is 11.5. The summed E-state index contributed by atoms with van der Waals surface area (Å²) in [6.07, 6.45) is 2.38. The Morgan fingerprint density at radius 3 is 2.93 bits per heavy atom. The van der Waals surface area contributed by atoms with Gasteiger partial charge in [0.05, 0.1) is 17.1 Å². The Kier molecular flexibility index (Phi) is 4.20. The number of amides is 1. The second kappa shape index (κ2) is 5.20. The van der Waals surface area contributed by atoms with E-state index in [0.717, 1.165) is 12.2 Å². The van der Waals surface area contributed by atoms with Gasteiger partial charge in [0.25, 0.3) is 0 Å². The van der Waals surface area contributed by atoms with Crippen LogP contribution in [0.25, 0.3) is 0 Å². The van der Waals surface area contributed by atoms with Gasteiger partial charge in [-0.1, -0.05) is 22.9 Å². The minimum Gasteiger partial charge on any atom is -0.467 e. The molecule has 0 fully saturated rings. The normalized spacial score (nSPS) is 14.8. The monoisotopic (exact) mass is 259 g/mol. The number of nitrogens with one attached hydrogen (secondary N) is 1. The lowest BCUT2D eigenvalue weighted by molar-refractivity contribution is -0.121. The summed E-state index contributed by atoms with van der Waals surface area (Å²) in [5.41, 5.74) is 0. The first-order valence-corrected chi connectivity index (χ1v) is 5.54. The van der Waals surface area contributed by atoms with E-state index in [1.165, 1.54) is 0 Å². The molecule has 1 rings (SSSR count). The van der Waals surface area contributed by atoms with Gasteiger partial charge in [0.2, 0.25) is 5.91 Å². The summed E-state index contributed by atoms with van der Waals surface area (Å²) in [5, 5.41) is 2.85. The molecular weight excluding hydrogens is 246 g/mol. The van der Waals surface area contributed by atoms with Gasteiger partial charge in [-0.05, 0) is 25.5 Å². The molecule has 78 valence electrons. The van der Waals surface area contributed by atoms with Crippen molar-refractivity contribution < 1.29 is 9.21 Å². The van der Waals surface area contributed by atoms with Crippen molar-refractivity contribution in [3.63, 3.8) is 0 Å². The number of hydrogen-bond donors (Lipinski definition) is 1. The van der Waals surface area contributed by atoms with Gasteiger partial charge in [0, 0.05) is 0 Å². The second-order valence-electron chi connectivity index (χ2n) is 3.12. The van der Waals surface area contributed by atoms with Gasteiger partial charge in [0.1, 0.15) is 5.76 Å². The van der Waals surface area contributed by atoms with Crippen LogP contribution in [0.15, 0.2) is 22.8 Å². The number of carbonyl (C=O) groups excluding carboxylic acids is 1. The molecule has 0 aliphatic rings. The third-order valence-electron chi connectivity index (χ3n) is 1.97. The van der Waals surface area contributed by atoms with Gasteiger partial charge in [-0.25, -0.2) is 0 Å². The summed E-state index contributed by atoms with van der Waals surface area (Å²) in [6.45, 7) is 3.85. The molecule has 1 aromatic heterocycles. The average molecular weight is 260 g/mol. The Bertz CT molecular complexity index is 284. The standard InChI is InChI=1S/C10H14BrNO2/c1-3-8(11)10(13)12-7(2)9-5-4-6-14-9/h4-8H,3H2,1-2H3,(H,12,13)/t7-,8?/m0/s1. The van der Waals surface area contributed by atoms with Gasteiger partial charge in [-0.15, -0.1) is 0 Å². The first-order valence-electron chi connectivity index (χ1n) is 4.63. The van der Waals surface area contributed by atoms with Crippen molar-refractivity contribution in [2.24, 2.45) is 0 Å². The predicted octanol–water partition coefficient (Wildman–Crippen LogP) is 2.63. The number of halogens is 1. The molecule has 0 spiro atoms.